The van der Waals surface area contributed by atoms with Gasteiger partial charge < -0.3 is 9.74 Å². The van der Waals surface area contributed by atoms with Crippen LogP contribution in [0.15, 0.2) is 53.4 Å². The van der Waals surface area contributed by atoms with E-state index in [0.717, 1.165) is 0 Å². The molecule has 3 rings (SSSR count). The van der Waals surface area contributed by atoms with E-state index < -0.39 is 30.2 Å². The minimum absolute atomic E-state index is 0.00472. The summed E-state index contributed by atoms with van der Waals surface area (Å²) in [5.41, 5.74) is 1.45. The van der Waals surface area contributed by atoms with Gasteiger partial charge in [0.1, 0.15) is 0 Å². The lowest BCUT2D eigenvalue weighted by atomic mass is 9.76. The summed E-state index contributed by atoms with van der Waals surface area (Å²) in [7, 11) is -5.98. The molecule has 2 N–H and O–H groups in total. The summed E-state index contributed by atoms with van der Waals surface area (Å²) in [6.45, 7) is 16.2. The van der Waals surface area contributed by atoms with Crippen molar-refractivity contribution in [2.45, 2.75) is 76.7 Å². The highest BCUT2D eigenvalue weighted by molar-refractivity contribution is 7.92. The number of hydrogen-bond acceptors (Lipinski definition) is 5. The van der Waals surface area contributed by atoms with Gasteiger partial charge in [-0.1, -0.05) is 52.0 Å². The number of amides is 1. The number of β-lactam (4-membered cyclic amide) rings is 1. The molecule has 9 heteroatoms. The first kappa shape index (κ1) is 28.1. The number of ketones is 1. The number of benzene rings is 2. The standard InChI is InChI=1S/C27H38N2O5SSi/c1-17-14-15-21(35(32,33)29-20-12-10-9-11-13-20)16-22(17)25(30)18(2)24-23(26(31)28-24)19(3)34-36(7,8)27(4,5)6/h9-16,18-19,23-24,29H,1-8H3,(H,28,31)/t18-,19-,23-,24-/m1/s1. The van der Waals surface area contributed by atoms with E-state index in [1.807, 2.05) is 6.92 Å². The average Bonchev–Trinajstić information content (AvgIpc) is 2.75. The van der Waals surface area contributed by atoms with Gasteiger partial charge in [0.2, 0.25) is 5.91 Å². The Morgan fingerprint density at radius 3 is 2.25 bits per heavy atom. The van der Waals surface area contributed by atoms with E-state index in [9.17, 15) is 18.0 Å². The molecule has 0 radical (unpaired) electrons. The Bertz CT molecular complexity index is 1240. The molecule has 4 atom stereocenters. The molecule has 0 bridgehead atoms. The maximum Gasteiger partial charge on any atom is 0.261 e. The molecule has 1 aliphatic rings. The third-order valence-corrected chi connectivity index (χ3v) is 13.5. The fourth-order valence-electron chi connectivity index (χ4n) is 4.24. The zero-order chi connectivity index (χ0) is 27.1. The van der Waals surface area contributed by atoms with Crippen LogP contribution in [0.1, 0.15) is 50.5 Å². The Balaban J connectivity index is 1.82. The molecule has 0 unspecified atom stereocenters. The summed E-state index contributed by atoms with van der Waals surface area (Å²) in [6, 6.07) is 12.8. The van der Waals surface area contributed by atoms with Crippen molar-refractivity contribution in [3.05, 3.63) is 59.7 Å². The van der Waals surface area contributed by atoms with E-state index in [0.29, 0.717) is 16.8 Å². The van der Waals surface area contributed by atoms with Crippen molar-refractivity contribution >= 4 is 35.7 Å². The molecule has 1 fully saturated rings. The molecular weight excluding hydrogens is 492 g/mol. The van der Waals surface area contributed by atoms with Gasteiger partial charge in [-0.15, -0.1) is 0 Å². The lowest BCUT2D eigenvalue weighted by molar-refractivity contribution is -0.141. The smallest absolute Gasteiger partial charge is 0.261 e. The van der Waals surface area contributed by atoms with Crippen molar-refractivity contribution in [2.24, 2.45) is 11.8 Å². The summed E-state index contributed by atoms with van der Waals surface area (Å²) in [5, 5.41) is 2.89. The molecule has 196 valence electrons. The topological polar surface area (TPSA) is 102 Å². The number of nitrogens with one attached hydrogen (secondary N) is 2. The van der Waals surface area contributed by atoms with Crippen LogP contribution in [0.3, 0.4) is 0 Å². The Morgan fingerprint density at radius 1 is 1.08 bits per heavy atom. The normalized spacial score (nSPS) is 20.2. The predicted octanol–water partition coefficient (Wildman–Crippen LogP) is 5.14. The molecule has 1 saturated heterocycles. The van der Waals surface area contributed by atoms with Crippen LogP contribution in [-0.2, 0) is 19.2 Å². The van der Waals surface area contributed by atoms with Crippen molar-refractivity contribution in [3.8, 4) is 0 Å². The highest BCUT2D eigenvalue weighted by Crippen LogP contribution is 2.40. The fraction of sp³-hybridized carbons (Fsp3) is 0.481. The van der Waals surface area contributed by atoms with Gasteiger partial charge in [-0.2, -0.15) is 0 Å². The largest absolute Gasteiger partial charge is 0.413 e. The fourth-order valence-corrected chi connectivity index (χ4v) is 6.75. The maximum atomic E-state index is 13.6. The van der Waals surface area contributed by atoms with Crippen LogP contribution in [0.2, 0.25) is 18.1 Å². The first-order valence-corrected chi connectivity index (χ1v) is 16.7. The molecule has 36 heavy (non-hydrogen) atoms. The Labute approximate surface area is 216 Å². The van der Waals surface area contributed by atoms with E-state index in [2.05, 4.69) is 43.9 Å². The predicted molar refractivity (Wildman–Crippen MR) is 145 cm³/mol. The van der Waals surface area contributed by atoms with E-state index in [1.54, 1.807) is 50.2 Å². The van der Waals surface area contributed by atoms with Crippen LogP contribution in [0.4, 0.5) is 5.69 Å². The van der Waals surface area contributed by atoms with Crippen molar-refractivity contribution in [3.63, 3.8) is 0 Å². The van der Waals surface area contributed by atoms with Gasteiger partial charge in [-0.3, -0.25) is 14.3 Å². The van der Waals surface area contributed by atoms with Crippen LogP contribution in [0.25, 0.3) is 0 Å². The van der Waals surface area contributed by atoms with Crippen LogP contribution in [0.5, 0.6) is 0 Å². The highest BCUT2D eigenvalue weighted by Gasteiger charge is 2.50. The number of rotatable bonds is 9. The van der Waals surface area contributed by atoms with Gasteiger partial charge in [0, 0.05) is 17.2 Å². The monoisotopic (exact) mass is 530 g/mol. The minimum atomic E-state index is -3.88. The molecule has 0 spiro atoms. The third kappa shape index (κ3) is 5.73. The van der Waals surface area contributed by atoms with Crippen molar-refractivity contribution in [1.29, 1.82) is 0 Å². The van der Waals surface area contributed by atoms with Crippen LogP contribution >= 0.6 is 0 Å². The number of Topliss-reactive ketones (excluding diaryl/α,β-unsaturated/α-hetero) is 1. The lowest BCUT2D eigenvalue weighted by Crippen LogP contribution is -2.66. The first-order chi connectivity index (χ1) is 16.5. The third-order valence-electron chi connectivity index (χ3n) is 7.55. The quantitative estimate of drug-likeness (QED) is 0.266. The molecule has 1 heterocycles. The van der Waals surface area contributed by atoms with E-state index in [-0.39, 0.29) is 33.8 Å². The molecule has 2 aromatic carbocycles. The average molecular weight is 531 g/mol. The van der Waals surface area contributed by atoms with Crippen molar-refractivity contribution < 1.29 is 22.4 Å². The molecule has 0 aliphatic carbocycles. The number of carbonyl (C=O) groups excluding carboxylic acids is 2. The number of carbonyl (C=O) groups is 2. The second-order valence-corrected chi connectivity index (χ2v) is 17.7. The van der Waals surface area contributed by atoms with Gasteiger partial charge in [0.05, 0.1) is 23.0 Å². The molecular formula is C27H38N2O5SSi. The van der Waals surface area contributed by atoms with Crippen molar-refractivity contribution in [1.82, 2.24) is 5.32 Å². The molecule has 2 aromatic rings. The maximum absolute atomic E-state index is 13.6. The lowest BCUT2D eigenvalue weighted by Gasteiger charge is -2.47. The Kier molecular flexibility index (Phi) is 7.88. The van der Waals surface area contributed by atoms with Crippen LogP contribution in [-0.4, -0.2) is 40.6 Å². The van der Waals surface area contributed by atoms with E-state index >= 15 is 0 Å². The zero-order valence-electron chi connectivity index (χ0n) is 22.4. The number of anilines is 1. The van der Waals surface area contributed by atoms with Gasteiger partial charge in [0.15, 0.2) is 14.1 Å². The van der Waals surface area contributed by atoms with Crippen molar-refractivity contribution in [2.75, 3.05) is 4.72 Å². The molecule has 0 saturated carbocycles. The van der Waals surface area contributed by atoms with Gasteiger partial charge >= 0.3 is 0 Å². The van der Waals surface area contributed by atoms with Crippen LogP contribution in [0, 0.1) is 18.8 Å². The van der Waals surface area contributed by atoms with E-state index in [1.165, 1.54) is 12.1 Å². The molecule has 1 aliphatic heterocycles. The summed E-state index contributed by atoms with van der Waals surface area (Å²) in [4.78, 5) is 26.1. The van der Waals surface area contributed by atoms with E-state index in [4.69, 9.17) is 4.43 Å². The minimum Gasteiger partial charge on any atom is -0.413 e. The summed E-state index contributed by atoms with van der Waals surface area (Å²) in [6.07, 6.45) is -0.331. The molecule has 1 amide bonds. The number of para-hydroxylation sites is 1. The Morgan fingerprint density at radius 2 is 1.69 bits per heavy atom. The highest BCUT2D eigenvalue weighted by atomic mass is 32.2. The number of hydrogen-bond donors (Lipinski definition) is 2. The number of sulfonamides is 1. The second kappa shape index (κ2) is 10.1. The molecule has 7 nitrogen and oxygen atoms in total. The SMILES string of the molecule is Cc1ccc(S(=O)(=O)Nc2ccccc2)cc1C(=O)[C@H](C)[C@H]1NC(=O)[C@@H]1[C@@H](C)O[Si](C)(C)C(C)(C)C. The summed E-state index contributed by atoms with van der Waals surface area (Å²) in [5.74, 6) is -1.31. The van der Waals surface area contributed by atoms with Gasteiger partial charge in [0.25, 0.3) is 10.0 Å². The zero-order valence-corrected chi connectivity index (χ0v) is 24.2. The molecule has 0 aromatic heterocycles. The van der Waals surface area contributed by atoms with Crippen LogP contribution < -0.4 is 10.0 Å². The Hall–Kier alpha value is -2.49. The van der Waals surface area contributed by atoms with Gasteiger partial charge in [-0.05, 0) is 61.8 Å². The summed E-state index contributed by atoms with van der Waals surface area (Å²) >= 11 is 0. The summed E-state index contributed by atoms with van der Waals surface area (Å²) < 4.78 is 34.9. The number of aryl methyl sites for hydroxylation is 1. The second-order valence-electron chi connectivity index (χ2n) is 11.2. The van der Waals surface area contributed by atoms with Gasteiger partial charge in [-0.25, -0.2) is 8.42 Å². The first-order valence-electron chi connectivity index (χ1n) is 12.3.